The lowest BCUT2D eigenvalue weighted by Gasteiger charge is -1.99. The molecule has 0 atom stereocenters. The number of halogens is 1. The average molecular weight is 199 g/mol. The summed E-state index contributed by atoms with van der Waals surface area (Å²) in [6.45, 7) is 1.04. The molecule has 0 saturated heterocycles. The zero-order chi connectivity index (χ0) is 6.97. The van der Waals surface area contributed by atoms with E-state index in [2.05, 4.69) is 26.2 Å². The molecule has 2 rings (SSSR count). The van der Waals surface area contributed by atoms with Crippen molar-refractivity contribution in [1.82, 2.24) is 4.98 Å². The third-order valence-electron chi connectivity index (χ3n) is 1.67. The Morgan fingerprint density at radius 3 is 3.20 bits per heavy atom. The topological polar surface area (TPSA) is 24.9 Å². The number of nitrogens with one attached hydrogen (secondary N) is 1. The number of hydrogen-bond donors (Lipinski definition) is 1. The fourth-order valence-corrected chi connectivity index (χ4v) is 1.70. The molecule has 1 aliphatic rings. The molecule has 1 aromatic rings. The summed E-state index contributed by atoms with van der Waals surface area (Å²) in [6.07, 6.45) is 4.83. The van der Waals surface area contributed by atoms with Gasteiger partial charge in [-0.25, -0.2) is 0 Å². The van der Waals surface area contributed by atoms with E-state index in [4.69, 9.17) is 0 Å². The normalized spacial score (nSPS) is 14.5. The van der Waals surface area contributed by atoms with Gasteiger partial charge in [0.2, 0.25) is 0 Å². The molecule has 0 saturated carbocycles. The second kappa shape index (κ2) is 2.23. The van der Waals surface area contributed by atoms with Gasteiger partial charge in [-0.05, 0) is 27.9 Å². The second-order valence-corrected chi connectivity index (χ2v) is 3.19. The molecule has 52 valence electrons. The maximum absolute atomic E-state index is 4.07. The molecule has 0 aromatic carbocycles. The first-order valence-electron chi connectivity index (χ1n) is 3.24. The molecule has 1 N–H and O–H groups in total. The standard InChI is InChI=1S/C7H7BrN2/c8-6-4-9-3-5-1-2-10-7(5)6/h3-4,10H,1-2H2. The molecule has 0 radical (unpaired) electrons. The van der Waals surface area contributed by atoms with Crippen LogP contribution in [0.25, 0.3) is 0 Å². The highest BCUT2D eigenvalue weighted by atomic mass is 79.9. The van der Waals surface area contributed by atoms with Crippen LogP contribution in [0.3, 0.4) is 0 Å². The zero-order valence-electron chi connectivity index (χ0n) is 5.39. The summed E-state index contributed by atoms with van der Waals surface area (Å²) in [4.78, 5) is 4.07. The summed E-state index contributed by atoms with van der Waals surface area (Å²) in [5.74, 6) is 0. The molecular formula is C7H7BrN2. The Balaban J connectivity index is 2.59. The Bertz CT molecular complexity index is 260. The summed E-state index contributed by atoms with van der Waals surface area (Å²) >= 11 is 3.42. The van der Waals surface area contributed by atoms with E-state index in [9.17, 15) is 0 Å². The van der Waals surface area contributed by atoms with Gasteiger partial charge in [0.25, 0.3) is 0 Å². The lowest BCUT2D eigenvalue weighted by Crippen LogP contribution is -1.91. The molecule has 0 aliphatic carbocycles. The van der Waals surface area contributed by atoms with Crippen LogP contribution in [0.15, 0.2) is 16.9 Å². The SMILES string of the molecule is Brc1cncc2c1NCC2. The Kier molecular flexibility index (Phi) is 1.38. The van der Waals surface area contributed by atoms with E-state index in [0.29, 0.717) is 0 Å². The first kappa shape index (κ1) is 6.16. The summed E-state index contributed by atoms with van der Waals surface area (Å²) in [6, 6.07) is 0. The lowest BCUT2D eigenvalue weighted by molar-refractivity contribution is 1.09. The van der Waals surface area contributed by atoms with Crippen molar-refractivity contribution in [3.05, 3.63) is 22.4 Å². The van der Waals surface area contributed by atoms with Crippen LogP contribution in [-0.2, 0) is 6.42 Å². The van der Waals surface area contributed by atoms with Gasteiger partial charge in [0.1, 0.15) is 0 Å². The number of nitrogens with zero attached hydrogens (tertiary/aromatic N) is 1. The highest BCUT2D eigenvalue weighted by Gasteiger charge is 2.11. The predicted octanol–water partition coefficient (Wildman–Crippen LogP) is 1.81. The monoisotopic (exact) mass is 198 g/mol. The molecule has 0 bridgehead atoms. The molecule has 1 aliphatic heterocycles. The van der Waals surface area contributed by atoms with Crippen LogP contribution < -0.4 is 5.32 Å². The predicted molar refractivity (Wildman–Crippen MR) is 44.1 cm³/mol. The lowest BCUT2D eigenvalue weighted by atomic mass is 10.2. The molecule has 2 nitrogen and oxygen atoms in total. The van der Waals surface area contributed by atoms with Crippen molar-refractivity contribution >= 4 is 21.6 Å². The summed E-state index contributed by atoms with van der Waals surface area (Å²) in [5.41, 5.74) is 2.53. The van der Waals surface area contributed by atoms with Gasteiger partial charge < -0.3 is 5.32 Å². The fraction of sp³-hybridized carbons (Fsp3) is 0.286. The maximum Gasteiger partial charge on any atom is 0.0593 e. The Morgan fingerprint density at radius 1 is 1.50 bits per heavy atom. The van der Waals surface area contributed by atoms with Crippen LogP contribution in [0.1, 0.15) is 5.56 Å². The molecule has 10 heavy (non-hydrogen) atoms. The van der Waals surface area contributed by atoms with Crippen LogP contribution >= 0.6 is 15.9 Å². The molecule has 0 spiro atoms. The first-order valence-corrected chi connectivity index (χ1v) is 4.03. The summed E-state index contributed by atoms with van der Waals surface area (Å²) in [7, 11) is 0. The number of pyridine rings is 1. The minimum absolute atomic E-state index is 1.04. The summed E-state index contributed by atoms with van der Waals surface area (Å²) in [5, 5.41) is 3.28. The number of rotatable bonds is 0. The molecule has 0 fully saturated rings. The third-order valence-corrected chi connectivity index (χ3v) is 2.28. The van der Waals surface area contributed by atoms with Crippen molar-refractivity contribution in [3.63, 3.8) is 0 Å². The van der Waals surface area contributed by atoms with E-state index >= 15 is 0 Å². The number of fused-ring (bicyclic) bond motifs is 1. The quantitative estimate of drug-likeness (QED) is 0.689. The van der Waals surface area contributed by atoms with Crippen molar-refractivity contribution < 1.29 is 0 Å². The van der Waals surface area contributed by atoms with Gasteiger partial charge in [0.15, 0.2) is 0 Å². The second-order valence-electron chi connectivity index (χ2n) is 2.33. The van der Waals surface area contributed by atoms with Gasteiger partial charge >= 0.3 is 0 Å². The zero-order valence-corrected chi connectivity index (χ0v) is 6.98. The smallest absolute Gasteiger partial charge is 0.0593 e. The Morgan fingerprint density at radius 2 is 2.40 bits per heavy atom. The average Bonchev–Trinajstić information content (AvgIpc) is 2.36. The van der Waals surface area contributed by atoms with E-state index in [1.54, 1.807) is 0 Å². The van der Waals surface area contributed by atoms with E-state index in [0.717, 1.165) is 17.4 Å². The Labute approximate surface area is 67.8 Å². The van der Waals surface area contributed by atoms with Gasteiger partial charge in [0, 0.05) is 18.9 Å². The van der Waals surface area contributed by atoms with E-state index in [-0.39, 0.29) is 0 Å². The number of hydrogen-bond acceptors (Lipinski definition) is 2. The van der Waals surface area contributed by atoms with Gasteiger partial charge in [-0.3, -0.25) is 4.98 Å². The van der Waals surface area contributed by atoms with Crippen LogP contribution in [0.5, 0.6) is 0 Å². The molecule has 3 heteroatoms. The highest BCUT2D eigenvalue weighted by Crippen LogP contribution is 2.28. The van der Waals surface area contributed by atoms with Gasteiger partial charge in [-0.1, -0.05) is 0 Å². The molecule has 0 unspecified atom stereocenters. The van der Waals surface area contributed by atoms with Gasteiger partial charge in [-0.2, -0.15) is 0 Å². The van der Waals surface area contributed by atoms with Crippen molar-refractivity contribution in [2.45, 2.75) is 6.42 Å². The first-order chi connectivity index (χ1) is 4.88. The van der Waals surface area contributed by atoms with Crippen LogP contribution in [0, 0.1) is 0 Å². The number of anilines is 1. The number of aromatic nitrogens is 1. The van der Waals surface area contributed by atoms with Gasteiger partial charge in [-0.15, -0.1) is 0 Å². The molecule has 0 amide bonds. The summed E-state index contributed by atoms with van der Waals surface area (Å²) < 4.78 is 1.07. The molecule has 2 heterocycles. The van der Waals surface area contributed by atoms with Crippen molar-refractivity contribution in [3.8, 4) is 0 Å². The molecule has 1 aromatic heterocycles. The fourth-order valence-electron chi connectivity index (χ4n) is 1.18. The van der Waals surface area contributed by atoms with Crippen LogP contribution in [-0.4, -0.2) is 11.5 Å². The van der Waals surface area contributed by atoms with Crippen molar-refractivity contribution in [2.75, 3.05) is 11.9 Å². The molecular weight excluding hydrogens is 192 g/mol. The van der Waals surface area contributed by atoms with E-state index in [1.807, 2.05) is 12.4 Å². The largest absolute Gasteiger partial charge is 0.383 e. The minimum atomic E-state index is 1.04. The third kappa shape index (κ3) is 0.814. The van der Waals surface area contributed by atoms with Crippen LogP contribution in [0.4, 0.5) is 5.69 Å². The van der Waals surface area contributed by atoms with Crippen molar-refractivity contribution in [2.24, 2.45) is 0 Å². The Hall–Kier alpha value is -0.570. The minimum Gasteiger partial charge on any atom is -0.383 e. The van der Waals surface area contributed by atoms with Crippen LogP contribution in [0.2, 0.25) is 0 Å². The highest BCUT2D eigenvalue weighted by molar-refractivity contribution is 9.10. The van der Waals surface area contributed by atoms with Crippen molar-refractivity contribution in [1.29, 1.82) is 0 Å². The maximum atomic E-state index is 4.07. The van der Waals surface area contributed by atoms with E-state index in [1.165, 1.54) is 11.3 Å². The van der Waals surface area contributed by atoms with Gasteiger partial charge in [0.05, 0.1) is 10.2 Å². The van der Waals surface area contributed by atoms with E-state index < -0.39 is 0 Å².